The third-order valence-corrected chi connectivity index (χ3v) is 1.48. The van der Waals surface area contributed by atoms with E-state index >= 15 is 0 Å². The number of allylic oxidation sites excluding steroid dienone is 1. The van der Waals surface area contributed by atoms with Crippen LogP contribution in [0.5, 0.6) is 0 Å². The molecule has 0 fully saturated rings. The Bertz CT molecular complexity index is 194. The first-order chi connectivity index (χ1) is 6.70. The first kappa shape index (κ1) is 13.0. The van der Waals surface area contributed by atoms with Gasteiger partial charge in [-0.3, -0.25) is 0 Å². The lowest BCUT2D eigenvalue weighted by molar-refractivity contribution is 0.0613. The highest BCUT2D eigenvalue weighted by Crippen LogP contribution is 1.98. The molecule has 0 heterocycles. The van der Waals surface area contributed by atoms with Gasteiger partial charge in [-0.05, 0) is 19.4 Å². The molecular weight excluding hydrogens is 176 g/mol. The maximum absolute atomic E-state index is 5.36. The average Bonchev–Trinajstić information content (AvgIpc) is 2.15. The summed E-state index contributed by atoms with van der Waals surface area (Å²) in [5, 5.41) is 0. The van der Waals surface area contributed by atoms with Crippen molar-refractivity contribution in [3.8, 4) is 0 Å². The van der Waals surface area contributed by atoms with Crippen LogP contribution < -0.4 is 0 Å². The van der Waals surface area contributed by atoms with Crippen LogP contribution in [0.4, 0.5) is 0 Å². The summed E-state index contributed by atoms with van der Waals surface area (Å²) in [6, 6.07) is 0. The summed E-state index contributed by atoms with van der Waals surface area (Å²) in [5.41, 5.74) is 1.01. The number of hydrogen-bond acceptors (Lipinski definition) is 2. The molecule has 0 bridgehead atoms. The first-order valence-electron chi connectivity index (χ1n) is 4.85. The summed E-state index contributed by atoms with van der Waals surface area (Å²) in [7, 11) is 0. The van der Waals surface area contributed by atoms with Crippen molar-refractivity contribution in [3.05, 3.63) is 37.1 Å². The molecular formula is C12H20O2. The number of ether oxygens (including phenoxy) is 2. The molecule has 0 rings (SSSR count). The van der Waals surface area contributed by atoms with Crippen LogP contribution in [0.15, 0.2) is 37.1 Å². The first-order valence-corrected chi connectivity index (χ1v) is 4.85. The summed E-state index contributed by atoms with van der Waals surface area (Å²) < 4.78 is 10.7. The second-order valence-electron chi connectivity index (χ2n) is 3.16. The van der Waals surface area contributed by atoms with Crippen LogP contribution in [-0.2, 0) is 9.47 Å². The Morgan fingerprint density at radius 1 is 1.50 bits per heavy atom. The Kier molecular flexibility index (Phi) is 7.95. The van der Waals surface area contributed by atoms with Crippen molar-refractivity contribution in [2.45, 2.75) is 26.4 Å². The summed E-state index contributed by atoms with van der Waals surface area (Å²) in [6.07, 6.45) is 6.28. The third kappa shape index (κ3) is 7.62. The fourth-order valence-corrected chi connectivity index (χ4v) is 0.765. The van der Waals surface area contributed by atoms with Crippen molar-refractivity contribution in [1.29, 1.82) is 0 Å². The van der Waals surface area contributed by atoms with Gasteiger partial charge in [0, 0.05) is 0 Å². The smallest absolute Gasteiger partial charge is 0.139 e. The van der Waals surface area contributed by atoms with E-state index in [1.54, 1.807) is 12.3 Å². The number of hydrogen-bond donors (Lipinski definition) is 0. The molecule has 0 aliphatic carbocycles. The highest BCUT2D eigenvalue weighted by Gasteiger charge is 2.02. The standard InChI is InChI=1S/C12H20O2/c1-5-7-8-14-12(6-2)10-13-9-11(3)4/h6-8,12H,2-3,5,9-10H2,1,4H3. The van der Waals surface area contributed by atoms with Crippen LogP contribution in [0.1, 0.15) is 20.3 Å². The molecule has 1 atom stereocenters. The van der Waals surface area contributed by atoms with Gasteiger partial charge in [-0.15, -0.1) is 0 Å². The minimum absolute atomic E-state index is 0.0721. The highest BCUT2D eigenvalue weighted by molar-refractivity contribution is 4.88. The van der Waals surface area contributed by atoms with E-state index in [0.29, 0.717) is 13.2 Å². The lowest BCUT2D eigenvalue weighted by Gasteiger charge is -2.12. The van der Waals surface area contributed by atoms with Gasteiger partial charge in [0.25, 0.3) is 0 Å². The minimum Gasteiger partial charge on any atom is -0.492 e. The molecule has 2 nitrogen and oxygen atoms in total. The van der Waals surface area contributed by atoms with E-state index in [2.05, 4.69) is 20.1 Å². The average molecular weight is 196 g/mol. The molecule has 0 aliphatic rings. The maximum atomic E-state index is 5.36. The zero-order valence-electron chi connectivity index (χ0n) is 9.16. The monoisotopic (exact) mass is 196 g/mol. The van der Waals surface area contributed by atoms with Gasteiger partial charge >= 0.3 is 0 Å². The van der Waals surface area contributed by atoms with Gasteiger partial charge in [-0.25, -0.2) is 0 Å². The molecule has 0 aliphatic heterocycles. The molecule has 0 spiro atoms. The van der Waals surface area contributed by atoms with Gasteiger partial charge in [0.15, 0.2) is 0 Å². The zero-order chi connectivity index (χ0) is 10.8. The topological polar surface area (TPSA) is 18.5 Å². The largest absolute Gasteiger partial charge is 0.492 e. The molecule has 0 saturated heterocycles. The van der Waals surface area contributed by atoms with Gasteiger partial charge in [-0.2, -0.15) is 0 Å². The van der Waals surface area contributed by atoms with E-state index in [4.69, 9.17) is 9.47 Å². The summed E-state index contributed by atoms with van der Waals surface area (Å²) in [5.74, 6) is 0. The fraction of sp³-hybridized carbons (Fsp3) is 0.500. The van der Waals surface area contributed by atoms with Crippen molar-refractivity contribution in [2.24, 2.45) is 0 Å². The van der Waals surface area contributed by atoms with Crippen molar-refractivity contribution in [2.75, 3.05) is 13.2 Å². The Labute approximate surface area is 86.9 Å². The molecule has 1 unspecified atom stereocenters. The van der Waals surface area contributed by atoms with E-state index in [1.807, 2.05) is 13.0 Å². The molecule has 0 saturated carbocycles. The van der Waals surface area contributed by atoms with E-state index in [-0.39, 0.29) is 6.10 Å². The minimum atomic E-state index is -0.0721. The third-order valence-electron chi connectivity index (χ3n) is 1.48. The Hall–Kier alpha value is -1.02. The zero-order valence-corrected chi connectivity index (χ0v) is 9.16. The van der Waals surface area contributed by atoms with Crippen molar-refractivity contribution in [3.63, 3.8) is 0 Å². The molecule has 0 aromatic rings. The van der Waals surface area contributed by atoms with Crippen LogP contribution in [0, 0.1) is 0 Å². The molecule has 0 amide bonds. The van der Waals surface area contributed by atoms with E-state index in [9.17, 15) is 0 Å². The lowest BCUT2D eigenvalue weighted by atomic mass is 10.3. The van der Waals surface area contributed by atoms with Crippen molar-refractivity contribution in [1.82, 2.24) is 0 Å². The second kappa shape index (κ2) is 8.57. The molecule has 14 heavy (non-hydrogen) atoms. The Morgan fingerprint density at radius 2 is 2.21 bits per heavy atom. The van der Waals surface area contributed by atoms with Gasteiger partial charge in [0.2, 0.25) is 0 Å². The highest BCUT2D eigenvalue weighted by atomic mass is 16.5. The predicted octanol–water partition coefficient (Wildman–Crippen LogP) is 3.07. The normalized spacial score (nSPS) is 12.7. The molecule has 2 heteroatoms. The number of rotatable bonds is 8. The maximum Gasteiger partial charge on any atom is 0.139 e. The van der Waals surface area contributed by atoms with Gasteiger partial charge in [-0.1, -0.05) is 31.7 Å². The van der Waals surface area contributed by atoms with Crippen LogP contribution >= 0.6 is 0 Å². The summed E-state index contributed by atoms with van der Waals surface area (Å²) >= 11 is 0. The molecule has 0 aromatic carbocycles. The summed E-state index contributed by atoms with van der Waals surface area (Å²) in [4.78, 5) is 0. The van der Waals surface area contributed by atoms with Gasteiger partial charge in [0.05, 0.1) is 19.5 Å². The van der Waals surface area contributed by atoms with E-state index in [0.717, 1.165) is 12.0 Å². The van der Waals surface area contributed by atoms with Gasteiger partial charge in [0.1, 0.15) is 6.10 Å². The Morgan fingerprint density at radius 3 is 2.71 bits per heavy atom. The van der Waals surface area contributed by atoms with Crippen molar-refractivity contribution >= 4 is 0 Å². The van der Waals surface area contributed by atoms with Crippen LogP contribution in [0.2, 0.25) is 0 Å². The SMILES string of the molecule is C=CC(COCC(=C)C)OC=CCC. The second-order valence-corrected chi connectivity index (χ2v) is 3.16. The van der Waals surface area contributed by atoms with Gasteiger partial charge < -0.3 is 9.47 Å². The van der Waals surface area contributed by atoms with E-state index in [1.165, 1.54) is 0 Å². The van der Waals surface area contributed by atoms with Crippen molar-refractivity contribution < 1.29 is 9.47 Å². The summed E-state index contributed by atoms with van der Waals surface area (Å²) in [6.45, 7) is 12.5. The lowest BCUT2D eigenvalue weighted by Crippen LogP contribution is -2.15. The van der Waals surface area contributed by atoms with Crippen LogP contribution in [0.3, 0.4) is 0 Å². The molecule has 80 valence electrons. The molecule has 0 radical (unpaired) electrons. The van der Waals surface area contributed by atoms with Crippen LogP contribution in [-0.4, -0.2) is 19.3 Å². The quantitative estimate of drug-likeness (QED) is 0.439. The molecule has 0 aromatic heterocycles. The fourth-order valence-electron chi connectivity index (χ4n) is 0.765. The Balaban J connectivity index is 3.63. The predicted molar refractivity (Wildman–Crippen MR) is 60.1 cm³/mol. The molecule has 0 N–H and O–H groups in total. The van der Waals surface area contributed by atoms with Crippen LogP contribution in [0.25, 0.3) is 0 Å². The van der Waals surface area contributed by atoms with E-state index < -0.39 is 0 Å².